The number of benzene rings is 1. The molecule has 1 aromatic rings. The number of anilines is 1. The van der Waals surface area contributed by atoms with Gasteiger partial charge in [-0.05, 0) is 50.7 Å². The average molecular weight is 258 g/mol. The van der Waals surface area contributed by atoms with E-state index in [0.29, 0.717) is 6.04 Å². The number of hydrogen-bond acceptors (Lipinski definition) is 2. The standard InChI is InChI=1S/C17H26N2/c1-12-4-7-17(19-11-13(2)8-14(19)3)15(9-12)10-18-16-5-6-16/h4,7,9,13-14,16,18H,5-6,8,10-11H2,1-3H3. The average Bonchev–Trinajstić information content (AvgIpc) is 3.12. The molecule has 1 aliphatic heterocycles. The zero-order valence-corrected chi connectivity index (χ0v) is 12.4. The van der Waals surface area contributed by atoms with Crippen molar-refractivity contribution in [1.82, 2.24) is 5.32 Å². The fourth-order valence-electron chi connectivity index (χ4n) is 3.31. The van der Waals surface area contributed by atoms with E-state index in [9.17, 15) is 0 Å². The van der Waals surface area contributed by atoms with Crippen molar-refractivity contribution in [3.05, 3.63) is 29.3 Å². The summed E-state index contributed by atoms with van der Waals surface area (Å²) in [5.41, 5.74) is 4.31. The van der Waals surface area contributed by atoms with E-state index < -0.39 is 0 Å². The molecule has 2 aliphatic rings. The van der Waals surface area contributed by atoms with Crippen molar-refractivity contribution in [2.24, 2.45) is 5.92 Å². The van der Waals surface area contributed by atoms with Gasteiger partial charge in [0.25, 0.3) is 0 Å². The lowest BCUT2D eigenvalue weighted by molar-refractivity contribution is 0.625. The molecule has 2 heteroatoms. The van der Waals surface area contributed by atoms with E-state index >= 15 is 0 Å². The van der Waals surface area contributed by atoms with Crippen molar-refractivity contribution in [3.8, 4) is 0 Å². The Bertz CT molecular complexity index is 451. The van der Waals surface area contributed by atoms with Crippen molar-refractivity contribution in [3.63, 3.8) is 0 Å². The molecule has 1 aliphatic carbocycles. The highest BCUT2D eigenvalue weighted by Gasteiger charge is 2.28. The summed E-state index contributed by atoms with van der Waals surface area (Å²) in [6.45, 7) is 9.16. The highest BCUT2D eigenvalue weighted by Crippen LogP contribution is 2.32. The minimum absolute atomic E-state index is 0.678. The molecule has 104 valence electrons. The molecule has 1 heterocycles. The molecule has 1 aromatic carbocycles. The van der Waals surface area contributed by atoms with Crippen LogP contribution in [0.1, 0.15) is 44.2 Å². The van der Waals surface area contributed by atoms with Crippen molar-refractivity contribution < 1.29 is 0 Å². The number of hydrogen-bond donors (Lipinski definition) is 1. The summed E-state index contributed by atoms with van der Waals surface area (Å²) in [7, 11) is 0. The minimum Gasteiger partial charge on any atom is -0.368 e. The molecule has 2 fully saturated rings. The maximum absolute atomic E-state index is 3.66. The van der Waals surface area contributed by atoms with Crippen molar-refractivity contribution in [1.29, 1.82) is 0 Å². The van der Waals surface area contributed by atoms with Gasteiger partial charge in [-0.1, -0.05) is 24.6 Å². The van der Waals surface area contributed by atoms with E-state index in [0.717, 1.165) is 18.5 Å². The third-order valence-electron chi connectivity index (χ3n) is 4.49. The third-order valence-corrected chi connectivity index (χ3v) is 4.49. The normalized spacial score (nSPS) is 27.0. The maximum atomic E-state index is 3.66. The van der Waals surface area contributed by atoms with Gasteiger partial charge in [-0.2, -0.15) is 0 Å². The van der Waals surface area contributed by atoms with Gasteiger partial charge in [0.1, 0.15) is 0 Å². The Labute approximate surface area is 117 Å². The third kappa shape index (κ3) is 2.94. The Hall–Kier alpha value is -1.02. The van der Waals surface area contributed by atoms with E-state index in [-0.39, 0.29) is 0 Å². The van der Waals surface area contributed by atoms with Gasteiger partial charge >= 0.3 is 0 Å². The van der Waals surface area contributed by atoms with Gasteiger partial charge in [0.15, 0.2) is 0 Å². The van der Waals surface area contributed by atoms with Crippen LogP contribution < -0.4 is 10.2 Å². The van der Waals surface area contributed by atoms with Crippen LogP contribution in [-0.4, -0.2) is 18.6 Å². The summed E-state index contributed by atoms with van der Waals surface area (Å²) in [4.78, 5) is 2.61. The molecule has 2 unspecified atom stereocenters. The lowest BCUT2D eigenvalue weighted by atomic mass is 10.1. The highest BCUT2D eigenvalue weighted by atomic mass is 15.2. The summed E-state index contributed by atoms with van der Waals surface area (Å²) >= 11 is 0. The van der Waals surface area contributed by atoms with Crippen LogP contribution in [0.5, 0.6) is 0 Å². The first-order valence-electron chi connectivity index (χ1n) is 7.73. The molecule has 0 spiro atoms. The van der Waals surface area contributed by atoms with Crippen molar-refractivity contribution in [2.75, 3.05) is 11.4 Å². The van der Waals surface area contributed by atoms with Crippen LogP contribution in [0.2, 0.25) is 0 Å². The molecule has 2 atom stereocenters. The minimum atomic E-state index is 0.678. The first kappa shape index (κ1) is 13.0. The van der Waals surface area contributed by atoms with Gasteiger partial charge in [-0.3, -0.25) is 0 Å². The SMILES string of the molecule is Cc1ccc(N2CC(C)CC2C)c(CNC2CC2)c1. The monoisotopic (exact) mass is 258 g/mol. The summed E-state index contributed by atoms with van der Waals surface area (Å²) < 4.78 is 0. The van der Waals surface area contributed by atoms with E-state index in [1.807, 2.05) is 0 Å². The molecule has 1 saturated heterocycles. The van der Waals surface area contributed by atoms with E-state index in [1.54, 1.807) is 0 Å². The largest absolute Gasteiger partial charge is 0.368 e. The fourth-order valence-corrected chi connectivity index (χ4v) is 3.31. The molecule has 0 amide bonds. The molecule has 2 nitrogen and oxygen atoms in total. The molecule has 1 saturated carbocycles. The molecule has 0 bridgehead atoms. The first-order chi connectivity index (χ1) is 9.13. The number of rotatable bonds is 4. The Morgan fingerprint density at radius 3 is 2.68 bits per heavy atom. The molecule has 19 heavy (non-hydrogen) atoms. The van der Waals surface area contributed by atoms with Crippen LogP contribution in [0.25, 0.3) is 0 Å². The molecule has 3 rings (SSSR count). The lowest BCUT2D eigenvalue weighted by Crippen LogP contribution is -2.29. The van der Waals surface area contributed by atoms with E-state index in [4.69, 9.17) is 0 Å². The molecule has 0 aromatic heterocycles. The van der Waals surface area contributed by atoms with E-state index in [2.05, 4.69) is 49.2 Å². The van der Waals surface area contributed by atoms with Gasteiger partial charge < -0.3 is 10.2 Å². The lowest BCUT2D eigenvalue weighted by Gasteiger charge is -2.27. The van der Waals surface area contributed by atoms with Gasteiger partial charge in [0.2, 0.25) is 0 Å². The zero-order chi connectivity index (χ0) is 13.4. The molecular weight excluding hydrogens is 232 g/mol. The Morgan fingerprint density at radius 2 is 2.05 bits per heavy atom. The first-order valence-corrected chi connectivity index (χ1v) is 7.73. The van der Waals surface area contributed by atoms with Crippen LogP contribution >= 0.6 is 0 Å². The second kappa shape index (κ2) is 5.16. The van der Waals surface area contributed by atoms with Crippen molar-refractivity contribution in [2.45, 2.75) is 58.7 Å². The summed E-state index contributed by atoms with van der Waals surface area (Å²) in [6, 6.07) is 8.40. The Kier molecular flexibility index (Phi) is 3.53. The predicted octanol–water partition coefficient (Wildman–Crippen LogP) is 3.48. The Morgan fingerprint density at radius 1 is 1.26 bits per heavy atom. The second-order valence-electron chi connectivity index (χ2n) is 6.63. The maximum Gasteiger partial charge on any atom is 0.0414 e. The summed E-state index contributed by atoms with van der Waals surface area (Å²) in [6.07, 6.45) is 4.04. The Balaban J connectivity index is 1.81. The van der Waals surface area contributed by atoms with Gasteiger partial charge in [-0.25, -0.2) is 0 Å². The van der Waals surface area contributed by atoms with Crippen molar-refractivity contribution >= 4 is 5.69 Å². The topological polar surface area (TPSA) is 15.3 Å². The van der Waals surface area contributed by atoms with Crippen LogP contribution in [-0.2, 0) is 6.54 Å². The van der Waals surface area contributed by atoms with Gasteiger partial charge in [0.05, 0.1) is 0 Å². The molecule has 0 radical (unpaired) electrons. The quantitative estimate of drug-likeness (QED) is 0.889. The molecule has 1 N–H and O–H groups in total. The summed E-state index contributed by atoms with van der Waals surface area (Å²) in [5.74, 6) is 0.820. The highest BCUT2D eigenvalue weighted by molar-refractivity contribution is 5.56. The second-order valence-corrected chi connectivity index (χ2v) is 6.63. The number of nitrogens with one attached hydrogen (secondary N) is 1. The number of aryl methyl sites for hydroxylation is 1. The summed E-state index contributed by atoms with van der Waals surface area (Å²) in [5, 5.41) is 3.66. The van der Waals surface area contributed by atoms with Gasteiger partial charge in [-0.15, -0.1) is 0 Å². The van der Waals surface area contributed by atoms with Crippen LogP contribution in [0.15, 0.2) is 18.2 Å². The van der Waals surface area contributed by atoms with Crippen LogP contribution in [0.4, 0.5) is 5.69 Å². The van der Waals surface area contributed by atoms with E-state index in [1.165, 1.54) is 42.6 Å². The zero-order valence-electron chi connectivity index (χ0n) is 12.4. The molecular formula is C17H26N2. The van der Waals surface area contributed by atoms with Crippen LogP contribution in [0.3, 0.4) is 0 Å². The smallest absolute Gasteiger partial charge is 0.0414 e. The number of nitrogens with zero attached hydrogens (tertiary/aromatic N) is 1. The van der Waals surface area contributed by atoms with Gasteiger partial charge in [0, 0.05) is 30.9 Å². The van der Waals surface area contributed by atoms with Crippen LogP contribution in [0, 0.1) is 12.8 Å². The predicted molar refractivity (Wildman–Crippen MR) is 81.6 cm³/mol. The fraction of sp³-hybridized carbons (Fsp3) is 0.647.